The minimum atomic E-state index is 0.592. The van der Waals surface area contributed by atoms with Crippen molar-refractivity contribution in [2.75, 3.05) is 0 Å². The first-order valence-corrected chi connectivity index (χ1v) is 6.56. The topological polar surface area (TPSA) is 0 Å². The second-order valence-electron chi connectivity index (χ2n) is 4.82. The Morgan fingerprint density at radius 1 is 1.33 bits per heavy atom. The zero-order chi connectivity index (χ0) is 13.2. The molecule has 1 aromatic carbocycles. The van der Waals surface area contributed by atoms with Crippen LogP contribution in [0.3, 0.4) is 0 Å². The van der Waals surface area contributed by atoms with E-state index in [-0.39, 0.29) is 0 Å². The predicted octanol–water partition coefficient (Wildman–Crippen LogP) is 4.98. The summed E-state index contributed by atoms with van der Waals surface area (Å²) in [4.78, 5) is 0. The van der Waals surface area contributed by atoms with Crippen LogP contribution in [0.5, 0.6) is 0 Å². The standard InChI is InChI=1S/C18H22/c1-16(2)10-9-12-17(3)11-7-8-15-18-13-5-4-6-14-18/h4-7,11,13-14,17H,1,9-10,12H2,2-3H3. The molecule has 0 heteroatoms. The largest absolute Gasteiger partial charge is 0.100 e. The third-order valence-electron chi connectivity index (χ3n) is 2.76. The van der Waals surface area contributed by atoms with Crippen LogP contribution in [0.2, 0.25) is 0 Å². The summed E-state index contributed by atoms with van der Waals surface area (Å²) in [7, 11) is 0. The van der Waals surface area contributed by atoms with Gasteiger partial charge in [0.1, 0.15) is 0 Å². The lowest BCUT2D eigenvalue weighted by molar-refractivity contribution is 0.605. The van der Waals surface area contributed by atoms with Gasteiger partial charge in [-0.05, 0) is 50.3 Å². The maximum Gasteiger partial charge on any atom is 0.0248 e. The Bertz CT molecular complexity index is 440. The van der Waals surface area contributed by atoms with E-state index in [1.165, 1.54) is 18.4 Å². The van der Waals surface area contributed by atoms with E-state index in [0.29, 0.717) is 5.92 Å². The molecule has 0 aliphatic rings. The van der Waals surface area contributed by atoms with Crippen LogP contribution in [-0.2, 0) is 0 Å². The van der Waals surface area contributed by atoms with Crippen molar-refractivity contribution < 1.29 is 0 Å². The Morgan fingerprint density at radius 3 is 2.72 bits per heavy atom. The van der Waals surface area contributed by atoms with Crippen LogP contribution in [-0.4, -0.2) is 0 Å². The Labute approximate surface area is 111 Å². The van der Waals surface area contributed by atoms with Crippen molar-refractivity contribution in [2.45, 2.75) is 33.1 Å². The van der Waals surface area contributed by atoms with Gasteiger partial charge in [-0.15, -0.1) is 6.58 Å². The molecule has 18 heavy (non-hydrogen) atoms. The SMILES string of the molecule is C=C(C)CCCC(C)C=CC#Cc1ccccc1. The molecule has 0 spiro atoms. The van der Waals surface area contributed by atoms with Crippen LogP contribution < -0.4 is 0 Å². The molecule has 0 aliphatic carbocycles. The summed E-state index contributed by atoms with van der Waals surface area (Å²) < 4.78 is 0. The highest BCUT2D eigenvalue weighted by molar-refractivity contribution is 5.36. The summed E-state index contributed by atoms with van der Waals surface area (Å²) in [5, 5.41) is 0. The number of allylic oxidation sites excluding steroid dienone is 3. The van der Waals surface area contributed by atoms with Gasteiger partial charge >= 0.3 is 0 Å². The molecule has 0 fully saturated rings. The van der Waals surface area contributed by atoms with Gasteiger partial charge in [-0.3, -0.25) is 0 Å². The van der Waals surface area contributed by atoms with Crippen LogP contribution in [0.1, 0.15) is 38.7 Å². The van der Waals surface area contributed by atoms with Crippen LogP contribution in [0.25, 0.3) is 0 Å². The Morgan fingerprint density at radius 2 is 2.06 bits per heavy atom. The number of hydrogen-bond donors (Lipinski definition) is 0. The summed E-state index contributed by atoms with van der Waals surface area (Å²) in [6.07, 6.45) is 7.71. The van der Waals surface area contributed by atoms with Crippen molar-refractivity contribution in [1.82, 2.24) is 0 Å². The van der Waals surface area contributed by atoms with Gasteiger partial charge in [0, 0.05) is 5.56 Å². The van der Waals surface area contributed by atoms with Gasteiger partial charge in [0.2, 0.25) is 0 Å². The fourth-order valence-electron chi connectivity index (χ4n) is 1.68. The summed E-state index contributed by atoms with van der Waals surface area (Å²) >= 11 is 0. The normalized spacial score (nSPS) is 11.9. The third kappa shape index (κ3) is 6.76. The maximum absolute atomic E-state index is 3.92. The lowest BCUT2D eigenvalue weighted by atomic mass is 10.0. The molecule has 1 unspecified atom stereocenters. The molecule has 1 atom stereocenters. The zero-order valence-corrected chi connectivity index (χ0v) is 11.4. The van der Waals surface area contributed by atoms with Crippen molar-refractivity contribution in [3.63, 3.8) is 0 Å². The van der Waals surface area contributed by atoms with Crippen LogP contribution >= 0.6 is 0 Å². The van der Waals surface area contributed by atoms with E-state index in [1.807, 2.05) is 36.4 Å². The number of benzene rings is 1. The van der Waals surface area contributed by atoms with E-state index >= 15 is 0 Å². The van der Waals surface area contributed by atoms with Crippen LogP contribution in [0.15, 0.2) is 54.6 Å². The van der Waals surface area contributed by atoms with E-state index < -0.39 is 0 Å². The lowest BCUT2D eigenvalue weighted by Crippen LogP contribution is -1.89. The lowest BCUT2D eigenvalue weighted by Gasteiger charge is -2.04. The molecule has 0 heterocycles. The molecule has 0 saturated heterocycles. The summed E-state index contributed by atoms with van der Waals surface area (Å²) in [6.45, 7) is 8.24. The monoisotopic (exact) mass is 238 g/mol. The van der Waals surface area contributed by atoms with E-state index in [9.17, 15) is 0 Å². The average molecular weight is 238 g/mol. The van der Waals surface area contributed by atoms with Gasteiger partial charge in [-0.1, -0.05) is 48.6 Å². The fraction of sp³-hybridized carbons (Fsp3) is 0.333. The van der Waals surface area contributed by atoms with E-state index in [4.69, 9.17) is 0 Å². The highest BCUT2D eigenvalue weighted by Gasteiger charge is 1.96. The highest BCUT2D eigenvalue weighted by atomic mass is 14.0. The molecule has 0 radical (unpaired) electrons. The van der Waals surface area contributed by atoms with Gasteiger partial charge in [0.15, 0.2) is 0 Å². The molecule has 1 rings (SSSR count). The van der Waals surface area contributed by atoms with Gasteiger partial charge in [-0.2, -0.15) is 0 Å². The smallest absolute Gasteiger partial charge is 0.0248 e. The molecule has 94 valence electrons. The molecule has 1 aromatic rings. The van der Waals surface area contributed by atoms with Crippen LogP contribution in [0.4, 0.5) is 0 Å². The van der Waals surface area contributed by atoms with Gasteiger partial charge in [0.25, 0.3) is 0 Å². The van der Waals surface area contributed by atoms with E-state index in [1.54, 1.807) is 0 Å². The molecule has 0 aliphatic heterocycles. The third-order valence-corrected chi connectivity index (χ3v) is 2.76. The quantitative estimate of drug-likeness (QED) is 0.501. The first kappa shape index (κ1) is 14.3. The molecular weight excluding hydrogens is 216 g/mol. The highest BCUT2D eigenvalue weighted by Crippen LogP contribution is 2.11. The first-order chi connectivity index (χ1) is 8.68. The predicted molar refractivity (Wildman–Crippen MR) is 80.3 cm³/mol. The minimum absolute atomic E-state index is 0.592. The molecule has 0 N–H and O–H groups in total. The molecule has 0 saturated carbocycles. The van der Waals surface area contributed by atoms with Gasteiger partial charge in [0.05, 0.1) is 0 Å². The second-order valence-corrected chi connectivity index (χ2v) is 4.82. The molecule has 0 bridgehead atoms. The fourth-order valence-corrected chi connectivity index (χ4v) is 1.68. The van der Waals surface area contributed by atoms with Crippen molar-refractivity contribution in [2.24, 2.45) is 5.92 Å². The van der Waals surface area contributed by atoms with Crippen molar-refractivity contribution >= 4 is 0 Å². The van der Waals surface area contributed by atoms with Crippen molar-refractivity contribution in [3.8, 4) is 11.8 Å². The zero-order valence-electron chi connectivity index (χ0n) is 11.4. The van der Waals surface area contributed by atoms with E-state index in [0.717, 1.165) is 12.0 Å². The second kappa shape index (κ2) is 8.37. The first-order valence-electron chi connectivity index (χ1n) is 6.56. The Balaban J connectivity index is 2.32. The molecule has 0 amide bonds. The molecule has 0 nitrogen and oxygen atoms in total. The van der Waals surface area contributed by atoms with E-state index in [2.05, 4.69) is 38.3 Å². The van der Waals surface area contributed by atoms with Gasteiger partial charge < -0.3 is 0 Å². The average Bonchev–Trinajstić information content (AvgIpc) is 2.35. The molecular formula is C18H22. The summed E-state index contributed by atoms with van der Waals surface area (Å²) in [6, 6.07) is 10.1. The Hall–Kier alpha value is -1.74. The Kier molecular flexibility index (Phi) is 6.66. The van der Waals surface area contributed by atoms with Crippen molar-refractivity contribution in [1.29, 1.82) is 0 Å². The number of hydrogen-bond acceptors (Lipinski definition) is 0. The summed E-state index contributed by atoms with van der Waals surface area (Å²) in [5.41, 5.74) is 2.34. The molecule has 0 aromatic heterocycles. The van der Waals surface area contributed by atoms with Crippen molar-refractivity contribution in [3.05, 3.63) is 60.2 Å². The van der Waals surface area contributed by atoms with Crippen LogP contribution in [0, 0.1) is 17.8 Å². The number of rotatable bonds is 5. The van der Waals surface area contributed by atoms with Gasteiger partial charge in [-0.25, -0.2) is 0 Å². The maximum atomic E-state index is 3.92. The summed E-state index contributed by atoms with van der Waals surface area (Å²) in [5.74, 6) is 6.80. The minimum Gasteiger partial charge on any atom is -0.100 e.